The lowest BCUT2D eigenvalue weighted by atomic mass is 9.79. The van der Waals surface area contributed by atoms with E-state index in [1.807, 2.05) is 0 Å². The van der Waals surface area contributed by atoms with Gasteiger partial charge in [-0.15, -0.1) is 0 Å². The average Bonchev–Trinajstić information content (AvgIpc) is 2.90. The summed E-state index contributed by atoms with van der Waals surface area (Å²) in [5.74, 6) is -0.265. The van der Waals surface area contributed by atoms with Crippen molar-refractivity contribution >= 4 is 5.97 Å². The van der Waals surface area contributed by atoms with Crippen molar-refractivity contribution in [1.29, 1.82) is 0 Å². The third kappa shape index (κ3) is 2.34. The van der Waals surface area contributed by atoms with E-state index in [0.29, 0.717) is 12.5 Å². The first-order valence-corrected chi connectivity index (χ1v) is 7.30. The summed E-state index contributed by atoms with van der Waals surface area (Å²) in [5, 5.41) is 0. The maximum atomic E-state index is 11.9. The van der Waals surface area contributed by atoms with E-state index in [2.05, 4.69) is 29.2 Å². The van der Waals surface area contributed by atoms with Crippen molar-refractivity contribution in [3.8, 4) is 0 Å². The van der Waals surface area contributed by atoms with Crippen molar-refractivity contribution in [2.75, 3.05) is 7.11 Å². The van der Waals surface area contributed by atoms with Crippen LogP contribution in [0.5, 0.6) is 0 Å². The molecule has 4 heteroatoms. The van der Waals surface area contributed by atoms with E-state index in [1.165, 1.54) is 18.2 Å². The fraction of sp³-hybridized carbons (Fsp3) is 0.562. The number of methoxy groups -OCH3 is 1. The van der Waals surface area contributed by atoms with Gasteiger partial charge in [0.15, 0.2) is 0 Å². The Bertz CT molecular complexity index is 492. The number of nitrogens with two attached hydrogens (primary N) is 1. The number of nitrogens with zero attached hydrogens (tertiary/aromatic N) is 1. The Morgan fingerprint density at radius 3 is 2.60 bits per heavy atom. The first-order valence-electron chi connectivity index (χ1n) is 7.30. The van der Waals surface area contributed by atoms with Crippen molar-refractivity contribution in [3.05, 3.63) is 35.4 Å². The lowest BCUT2D eigenvalue weighted by molar-refractivity contribution is -0.149. The lowest BCUT2D eigenvalue weighted by Crippen LogP contribution is -2.55. The maximum Gasteiger partial charge on any atom is 0.325 e. The normalized spacial score (nSPS) is 30.0. The molecule has 2 atom stereocenters. The van der Waals surface area contributed by atoms with Crippen LogP contribution in [0.2, 0.25) is 0 Å². The summed E-state index contributed by atoms with van der Waals surface area (Å²) in [6.07, 6.45) is 3.54. The van der Waals surface area contributed by atoms with Gasteiger partial charge in [-0.2, -0.15) is 0 Å². The van der Waals surface area contributed by atoms with E-state index in [9.17, 15) is 4.79 Å². The molecule has 20 heavy (non-hydrogen) atoms. The average molecular weight is 274 g/mol. The molecule has 4 nitrogen and oxygen atoms in total. The second-order valence-corrected chi connectivity index (χ2v) is 6.07. The third-order valence-corrected chi connectivity index (χ3v) is 4.73. The van der Waals surface area contributed by atoms with Crippen molar-refractivity contribution in [2.45, 2.75) is 50.4 Å². The Kier molecular flexibility index (Phi) is 3.52. The predicted molar refractivity (Wildman–Crippen MR) is 76.9 cm³/mol. The molecule has 2 aliphatic rings. The second-order valence-electron chi connectivity index (χ2n) is 6.07. The van der Waals surface area contributed by atoms with Gasteiger partial charge in [0.1, 0.15) is 5.54 Å². The summed E-state index contributed by atoms with van der Waals surface area (Å²) in [4.78, 5) is 14.4. The highest BCUT2D eigenvalue weighted by Crippen LogP contribution is 2.34. The largest absolute Gasteiger partial charge is 0.468 e. The van der Waals surface area contributed by atoms with Crippen LogP contribution in [0.3, 0.4) is 0 Å². The summed E-state index contributed by atoms with van der Waals surface area (Å²) in [6, 6.07) is 8.93. The van der Waals surface area contributed by atoms with Crippen LogP contribution < -0.4 is 5.73 Å². The number of hydrogen-bond acceptors (Lipinski definition) is 4. The number of ether oxygens (including phenoxy) is 1. The molecule has 108 valence electrons. The molecule has 1 heterocycles. The summed E-state index contributed by atoms with van der Waals surface area (Å²) >= 11 is 0. The molecule has 2 unspecified atom stereocenters. The molecule has 1 aromatic rings. The zero-order valence-corrected chi connectivity index (χ0v) is 12.0. The molecule has 0 aromatic heterocycles. The van der Waals surface area contributed by atoms with Crippen LogP contribution in [0.4, 0.5) is 0 Å². The monoisotopic (exact) mass is 274 g/mol. The number of rotatable bonds is 2. The standard InChI is InChI=1S/C16H22N2O2/c1-20-15(19)16(17)8-4-7-14(9-16)18-10-12-5-2-3-6-13(12)11-18/h2-3,5-6,14H,4,7-11,17H2,1H3. The van der Waals surface area contributed by atoms with Crippen molar-refractivity contribution in [1.82, 2.24) is 4.90 Å². The molecule has 0 saturated heterocycles. The topological polar surface area (TPSA) is 55.6 Å². The van der Waals surface area contributed by atoms with Gasteiger partial charge in [-0.05, 0) is 36.8 Å². The van der Waals surface area contributed by atoms with Gasteiger partial charge in [-0.3, -0.25) is 9.69 Å². The van der Waals surface area contributed by atoms with Gasteiger partial charge in [-0.25, -0.2) is 0 Å². The summed E-state index contributed by atoms with van der Waals surface area (Å²) in [6.45, 7) is 1.94. The Labute approximate surface area is 119 Å². The minimum Gasteiger partial charge on any atom is -0.468 e. The highest BCUT2D eigenvalue weighted by Gasteiger charge is 2.42. The molecule has 1 saturated carbocycles. The summed E-state index contributed by atoms with van der Waals surface area (Å²) in [5.41, 5.74) is 8.28. The van der Waals surface area contributed by atoms with Crippen LogP contribution in [0, 0.1) is 0 Å². The SMILES string of the molecule is COC(=O)C1(N)CCCC(N2Cc3ccccc3C2)C1. The highest BCUT2D eigenvalue weighted by molar-refractivity contribution is 5.80. The Balaban J connectivity index is 1.72. The fourth-order valence-corrected chi connectivity index (χ4v) is 3.60. The zero-order chi connectivity index (χ0) is 14.2. The fourth-order valence-electron chi connectivity index (χ4n) is 3.60. The van der Waals surface area contributed by atoms with Gasteiger partial charge in [-0.1, -0.05) is 24.3 Å². The van der Waals surface area contributed by atoms with E-state index in [-0.39, 0.29) is 5.97 Å². The molecule has 0 amide bonds. The molecular formula is C16H22N2O2. The van der Waals surface area contributed by atoms with Gasteiger partial charge in [0, 0.05) is 19.1 Å². The van der Waals surface area contributed by atoms with Crippen LogP contribution in [0.25, 0.3) is 0 Å². The molecule has 0 spiro atoms. The molecule has 3 rings (SSSR count). The number of esters is 1. The van der Waals surface area contributed by atoms with Crippen LogP contribution in [0.15, 0.2) is 24.3 Å². The van der Waals surface area contributed by atoms with Crippen molar-refractivity contribution in [2.24, 2.45) is 5.73 Å². The highest BCUT2D eigenvalue weighted by atomic mass is 16.5. The van der Waals surface area contributed by atoms with E-state index in [0.717, 1.165) is 32.4 Å². The Hall–Kier alpha value is -1.39. The third-order valence-electron chi connectivity index (χ3n) is 4.73. The number of carbonyl (C=O) groups is 1. The molecule has 1 aromatic carbocycles. The molecular weight excluding hydrogens is 252 g/mol. The van der Waals surface area contributed by atoms with E-state index in [4.69, 9.17) is 10.5 Å². The second kappa shape index (κ2) is 5.19. The smallest absolute Gasteiger partial charge is 0.325 e. The van der Waals surface area contributed by atoms with E-state index in [1.54, 1.807) is 0 Å². The molecule has 1 fully saturated rings. The molecule has 0 radical (unpaired) electrons. The summed E-state index contributed by atoms with van der Waals surface area (Å²) in [7, 11) is 1.42. The first-order chi connectivity index (χ1) is 9.62. The number of carbonyl (C=O) groups excluding carboxylic acids is 1. The number of fused-ring (bicyclic) bond motifs is 1. The predicted octanol–water partition coefficient (Wildman–Crippen LogP) is 1.82. The first kappa shape index (κ1) is 13.6. The van der Waals surface area contributed by atoms with E-state index < -0.39 is 5.54 Å². The lowest BCUT2D eigenvalue weighted by Gasteiger charge is -2.39. The van der Waals surface area contributed by atoms with Gasteiger partial charge < -0.3 is 10.5 Å². The van der Waals surface area contributed by atoms with Crippen LogP contribution >= 0.6 is 0 Å². The minimum atomic E-state index is -0.799. The Morgan fingerprint density at radius 2 is 2.00 bits per heavy atom. The van der Waals surface area contributed by atoms with Crippen LogP contribution in [-0.2, 0) is 22.6 Å². The summed E-state index contributed by atoms with van der Waals surface area (Å²) < 4.78 is 4.88. The minimum absolute atomic E-state index is 0.265. The molecule has 1 aliphatic carbocycles. The van der Waals surface area contributed by atoms with Crippen molar-refractivity contribution in [3.63, 3.8) is 0 Å². The van der Waals surface area contributed by atoms with Crippen LogP contribution in [0.1, 0.15) is 36.8 Å². The molecule has 0 bridgehead atoms. The quantitative estimate of drug-likeness (QED) is 0.836. The molecule has 1 aliphatic heterocycles. The number of benzene rings is 1. The maximum absolute atomic E-state index is 11.9. The van der Waals surface area contributed by atoms with Gasteiger partial charge >= 0.3 is 5.97 Å². The zero-order valence-electron chi connectivity index (χ0n) is 12.0. The van der Waals surface area contributed by atoms with Crippen LogP contribution in [-0.4, -0.2) is 29.6 Å². The number of hydrogen-bond donors (Lipinski definition) is 1. The van der Waals surface area contributed by atoms with Gasteiger partial charge in [0.2, 0.25) is 0 Å². The van der Waals surface area contributed by atoms with Crippen molar-refractivity contribution < 1.29 is 9.53 Å². The van der Waals surface area contributed by atoms with E-state index >= 15 is 0 Å². The Morgan fingerprint density at radius 1 is 1.35 bits per heavy atom. The van der Waals surface area contributed by atoms with Gasteiger partial charge in [0.05, 0.1) is 7.11 Å². The van der Waals surface area contributed by atoms with Gasteiger partial charge in [0.25, 0.3) is 0 Å². The molecule has 2 N–H and O–H groups in total.